The number of aryl methyl sites for hydroxylation is 2. The SMILES string of the molecule is Cc1nc(C)c(-c2cc(N3CCOCC3)cc(S(=O)(=O)C3CCOCC3)c2)s1. The van der Waals surface area contributed by atoms with Gasteiger partial charge in [0.25, 0.3) is 0 Å². The van der Waals surface area contributed by atoms with E-state index < -0.39 is 9.84 Å². The van der Waals surface area contributed by atoms with Crippen LogP contribution in [-0.4, -0.2) is 58.2 Å². The van der Waals surface area contributed by atoms with Crippen LogP contribution >= 0.6 is 11.3 Å². The molecular weight excluding hydrogens is 396 g/mol. The van der Waals surface area contributed by atoms with Gasteiger partial charge in [-0.25, -0.2) is 13.4 Å². The molecule has 2 aliphatic rings. The van der Waals surface area contributed by atoms with Crippen LogP contribution in [0.5, 0.6) is 0 Å². The zero-order valence-corrected chi connectivity index (χ0v) is 17.9. The van der Waals surface area contributed by atoms with Crippen LogP contribution in [0.3, 0.4) is 0 Å². The van der Waals surface area contributed by atoms with Crippen LogP contribution in [0.2, 0.25) is 0 Å². The average Bonchev–Trinajstić information content (AvgIpc) is 3.07. The fourth-order valence-electron chi connectivity index (χ4n) is 3.86. The van der Waals surface area contributed by atoms with Gasteiger partial charge < -0.3 is 14.4 Å². The number of nitrogens with zero attached hydrogens (tertiary/aromatic N) is 2. The summed E-state index contributed by atoms with van der Waals surface area (Å²) in [5, 5.41) is 0.608. The van der Waals surface area contributed by atoms with Crippen LogP contribution in [-0.2, 0) is 19.3 Å². The van der Waals surface area contributed by atoms with Crippen LogP contribution in [0, 0.1) is 13.8 Å². The summed E-state index contributed by atoms with van der Waals surface area (Å²) >= 11 is 1.61. The first-order valence-electron chi connectivity index (χ1n) is 9.69. The van der Waals surface area contributed by atoms with Gasteiger partial charge in [0.2, 0.25) is 0 Å². The molecule has 0 aliphatic carbocycles. The molecule has 2 fully saturated rings. The van der Waals surface area contributed by atoms with Crippen LogP contribution in [0.4, 0.5) is 5.69 Å². The minimum absolute atomic E-state index is 0.377. The van der Waals surface area contributed by atoms with Crippen molar-refractivity contribution in [1.82, 2.24) is 4.98 Å². The Balaban J connectivity index is 1.80. The van der Waals surface area contributed by atoms with Gasteiger partial charge in [-0.05, 0) is 50.5 Å². The zero-order chi connectivity index (χ0) is 19.7. The van der Waals surface area contributed by atoms with E-state index in [1.165, 1.54) is 0 Å². The van der Waals surface area contributed by atoms with Crippen molar-refractivity contribution in [2.45, 2.75) is 36.8 Å². The predicted molar refractivity (Wildman–Crippen MR) is 111 cm³/mol. The van der Waals surface area contributed by atoms with Crippen LogP contribution in [0.25, 0.3) is 10.4 Å². The van der Waals surface area contributed by atoms with Crippen molar-refractivity contribution < 1.29 is 17.9 Å². The lowest BCUT2D eigenvalue weighted by Gasteiger charge is -2.30. The van der Waals surface area contributed by atoms with Gasteiger partial charge in [0.1, 0.15) is 0 Å². The fraction of sp³-hybridized carbons (Fsp3) is 0.550. The lowest BCUT2D eigenvalue weighted by molar-refractivity contribution is 0.0983. The van der Waals surface area contributed by atoms with E-state index in [0.29, 0.717) is 44.2 Å². The first-order valence-corrected chi connectivity index (χ1v) is 12.1. The molecule has 0 unspecified atom stereocenters. The van der Waals surface area contributed by atoms with Crippen LogP contribution in [0.1, 0.15) is 23.5 Å². The van der Waals surface area contributed by atoms with Gasteiger partial charge in [-0.15, -0.1) is 11.3 Å². The monoisotopic (exact) mass is 422 g/mol. The number of hydrogen-bond donors (Lipinski definition) is 0. The number of sulfone groups is 1. The number of morpholine rings is 1. The van der Waals surface area contributed by atoms with Crippen LogP contribution < -0.4 is 4.90 Å². The van der Waals surface area contributed by atoms with E-state index in [4.69, 9.17) is 9.47 Å². The largest absolute Gasteiger partial charge is 0.381 e. The lowest BCUT2D eigenvalue weighted by Crippen LogP contribution is -2.36. The Morgan fingerprint density at radius 3 is 2.36 bits per heavy atom. The van der Waals surface area contributed by atoms with E-state index in [9.17, 15) is 8.42 Å². The number of thiazole rings is 1. The molecule has 0 atom stereocenters. The number of rotatable bonds is 4. The Morgan fingerprint density at radius 1 is 1.04 bits per heavy atom. The molecule has 0 spiro atoms. The van der Waals surface area contributed by atoms with Crippen molar-refractivity contribution in [3.8, 4) is 10.4 Å². The van der Waals surface area contributed by atoms with E-state index in [2.05, 4.69) is 16.0 Å². The quantitative estimate of drug-likeness (QED) is 0.754. The molecule has 0 radical (unpaired) electrons. The molecule has 4 rings (SSSR count). The molecule has 152 valence electrons. The second-order valence-corrected chi connectivity index (χ2v) is 10.8. The Hall–Kier alpha value is -1.48. The standard InChI is InChI=1S/C20H26N2O4S2/c1-14-20(27-15(2)21-14)16-11-17(22-5-9-26-10-6-22)13-19(12-16)28(23,24)18-3-7-25-8-4-18/h11-13,18H,3-10H2,1-2H3. The molecule has 0 bridgehead atoms. The van der Waals surface area contributed by atoms with Gasteiger partial charge >= 0.3 is 0 Å². The molecule has 0 N–H and O–H groups in total. The summed E-state index contributed by atoms with van der Waals surface area (Å²) in [6.45, 7) is 7.82. The average molecular weight is 423 g/mol. The molecule has 8 heteroatoms. The van der Waals surface area contributed by atoms with Gasteiger partial charge in [-0.3, -0.25) is 0 Å². The van der Waals surface area contributed by atoms with E-state index in [1.807, 2.05) is 26.0 Å². The molecule has 1 aromatic heterocycles. The Morgan fingerprint density at radius 2 is 1.71 bits per heavy atom. The van der Waals surface area contributed by atoms with E-state index in [0.717, 1.165) is 39.9 Å². The maximum absolute atomic E-state index is 13.4. The van der Waals surface area contributed by atoms with Crippen molar-refractivity contribution in [1.29, 1.82) is 0 Å². The van der Waals surface area contributed by atoms with Gasteiger partial charge in [0, 0.05) is 32.0 Å². The van der Waals surface area contributed by atoms with Crippen molar-refractivity contribution in [3.05, 3.63) is 28.9 Å². The summed E-state index contributed by atoms with van der Waals surface area (Å²) in [5.74, 6) is 0. The topological polar surface area (TPSA) is 68.7 Å². The van der Waals surface area contributed by atoms with Gasteiger partial charge in [-0.2, -0.15) is 0 Å². The summed E-state index contributed by atoms with van der Waals surface area (Å²) in [6.07, 6.45) is 1.11. The minimum Gasteiger partial charge on any atom is -0.381 e. The molecule has 2 saturated heterocycles. The van der Waals surface area contributed by atoms with E-state index in [1.54, 1.807) is 11.3 Å². The molecule has 2 aromatic rings. The summed E-state index contributed by atoms with van der Waals surface area (Å²) in [5.41, 5.74) is 2.81. The number of anilines is 1. The highest BCUT2D eigenvalue weighted by atomic mass is 32.2. The zero-order valence-electron chi connectivity index (χ0n) is 16.3. The Bertz CT molecular complexity index is 943. The van der Waals surface area contributed by atoms with Gasteiger partial charge in [0.05, 0.1) is 38.9 Å². The minimum atomic E-state index is -3.41. The molecule has 3 heterocycles. The fourth-order valence-corrected chi connectivity index (χ4v) is 6.54. The molecule has 1 aromatic carbocycles. The molecule has 6 nitrogen and oxygen atoms in total. The van der Waals surface area contributed by atoms with Crippen molar-refractivity contribution in [2.75, 3.05) is 44.4 Å². The van der Waals surface area contributed by atoms with Gasteiger partial charge in [0.15, 0.2) is 9.84 Å². The van der Waals surface area contributed by atoms with Gasteiger partial charge in [-0.1, -0.05) is 0 Å². The molecular formula is C20H26N2O4S2. The van der Waals surface area contributed by atoms with E-state index in [-0.39, 0.29) is 5.25 Å². The maximum atomic E-state index is 13.4. The van der Waals surface area contributed by atoms with Crippen molar-refractivity contribution in [2.24, 2.45) is 0 Å². The second kappa shape index (κ2) is 8.10. The smallest absolute Gasteiger partial charge is 0.181 e. The molecule has 28 heavy (non-hydrogen) atoms. The number of hydrogen-bond acceptors (Lipinski definition) is 7. The highest BCUT2D eigenvalue weighted by Crippen LogP contribution is 2.36. The highest BCUT2D eigenvalue weighted by Gasteiger charge is 2.30. The number of ether oxygens (including phenoxy) is 2. The third kappa shape index (κ3) is 3.96. The second-order valence-electron chi connectivity index (χ2n) is 7.32. The molecule has 0 saturated carbocycles. The predicted octanol–water partition coefficient (Wildman–Crippen LogP) is 3.22. The lowest BCUT2D eigenvalue weighted by atomic mass is 10.1. The Kier molecular flexibility index (Phi) is 5.73. The maximum Gasteiger partial charge on any atom is 0.181 e. The third-order valence-electron chi connectivity index (χ3n) is 5.37. The molecule has 2 aliphatic heterocycles. The third-order valence-corrected chi connectivity index (χ3v) is 8.73. The normalized spacial score (nSPS) is 19.1. The van der Waals surface area contributed by atoms with Crippen molar-refractivity contribution in [3.63, 3.8) is 0 Å². The molecule has 0 amide bonds. The summed E-state index contributed by atoms with van der Waals surface area (Å²) < 4.78 is 37.6. The number of benzene rings is 1. The van der Waals surface area contributed by atoms with Crippen molar-refractivity contribution >= 4 is 26.9 Å². The highest BCUT2D eigenvalue weighted by molar-refractivity contribution is 7.92. The first kappa shape index (κ1) is 19.8. The Labute approximate surface area is 170 Å². The number of aromatic nitrogens is 1. The summed E-state index contributed by atoms with van der Waals surface area (Å²) in [6, 6.07) is 5.76. The van der Waals surface area contributed by atoms with E-state index >= 15 is 0 Å². The summed E-state index contributed by atoms with van der Waals surface area (Å²) in [4.78, 5) is 8.18. The first-order chi connectivity index (χ1) is 13.4. The van der Waals surface area contributed by atoms with Crippen LogP contribution in [0.15, 0.2) is 23.1 Å². The summed E-state index contributed by atoms with van der Waals surface area (Å²) in [7, 11) is -3.41.